The van der Waals surface area contributed by atoms with E-state index >= 15 is 0 Å². The van der Waals surface area contributed by atoms with Gasteiger partial charge in [-0.15, -0.1) is 0 Å². The second-order valence-electron chi connectivity index (χ2n) is 10.4. The summed E-state index contributed by atoms with van der Waals surface area (Å²) in [5.74, 6) is -3.79. The van der Waals surface area contributed by atoms with E-state index in [1.807, 2.05) is 19.0 Å². The van der Waals surface area contributed by atoms with Gasteiger partial charge in [-0.05, 0) is 26.2 Å². The van der Waals surface area contributed by atoms with Gasteiger partial charge in [-0.3, -0.25) is 0 Å². The van der Waals surface area contributed by atoms with Gasteiger partial charge in [0.05, 0.1) is 10.9 Å². The minimum atomic E-state index is -4.80. The Balaban J connectivity index is 1.87. The molecular weight excluding hydrogens is 541 g/mol. The van der Waals surface area contributed by atoms with Crippen molar-refractivity contribution in [1.82, 2.24) is 19.8 Å². The molecule has 2 heterocycles. The first-order valence-electron chi connectivity index (χ1n) is 12.1. The van der Waals surface area contributed by atoms with Crippen molar-refractivity contribution in [1.29, 1.82) is 0 Å². The molecular formula is C25H32F5N5O3Si. The van der Waals surface area contributed by atoms with Gasteiger partial charge in [-0.2, -0.15) is 13.2 Å². The number of nitrogens with one attached hydrogen (secondary N) is 2. The lowest BCUT2D eigenvalue weighted by Gasteiger charge is -2.15. The minimum Gasteiger partial charge on any atom is -0.450 e. The molecule has 14 heteroatoms. The topological polar surface area (TPSA) is 80.7 Å². The number of halogens is 5. The summed E-state index contributed by atoms with van der Waals surface area (Å²) in [4.78, 5) is 17.8. The molecule has 8 nitrogen and oxygen atoms in total. The van der Waals surface area contributed by atoms with Crippen molar-refractivity contribution >= 4 is 30.8 Å². The van der Waals surface area contributed by atoms with E-state index in [1.54, 1.807) is 0 Å². The summed E-state index contributed by atoms with van der Waals surface area (Å²) in [6, 6.07) is 2.86. The number of benzene rings is 1. The molecule has 3 rings (SSSR count). The number of likely N-dealkylation sites (N-methyl/N-ethyl adjacent to an activating group) is 1. The van der Waals surface area contributed by atoms with Crippen LogP contribution >= 0.6 is 0 Å². The van der Waals surface area contributed by atoms with Gasteiger partial charge in [0.15, 0.2) is 17.4 Å². The fourth-order valence-corrected chi connectivity index (χ4v) is 4.29. The number of amides is 2. The third-order valence-corrected chi connectivity index (χ3v) is 7.27. The predicted molar refractivity (Wildman–Crippen MR) is 141 cm³/mol. The molecule has 0 aliphatic heterocycles. The van der Waals surface area contributed by atoms with Crippen LogP contribution in [0.15, 0.2) is 30.6 Å². The van der Waals surface area contributed by atoms with E-state index in [9.17, 15) is 26.7 Å². The summed E-state index contributed by atoms with van der Waals surface area (Å²) < 4.78 is 83.6. The Hall–Kier alpha value is -3.23. The lowest BCUT2D eigenvalue weighted by Crippen LogP contribution is -2.34. The highest BCUT2D eigenvalue weighted by Gasteiger charge is 2.37. The third kappa shape index (κ3) is 8.37. The Labute approximate surface area is 224 Å². The molecule has 0 spiro atoms. The largest absolute Gasteiger partial charge is 0.450 e. The molecule has 0 bridgehead atoms. The Morgan fingerprint density at radius 1 is 1.15 bits per heavy atom. The van der Waals surface area contributed by atoms with Crippen LogP contribution in [0.4, 0.5) is 32.4 Å². The molecule has 0 saturated carbocycles. The maximum atomic E-state index is 14.8. The van der Waals surface area contributed by atoms with Crippen LogP contribution in [0.2, 0.25) is 25.7 Å². The van der Waals surface area contributed by atoms with E-state index < -0.39 is 54.4 Å². The third-order valence-electron chi connectivity index (χ3n) is 5.56. The normalized spacial score (nSPS) is 12.3. The molecule has 0 atom stereocenters. The van der Waals surface area contributed by atoms with E-state index in [4.69, 9.17) is 9.47 Å². The number of carbonyl (C=O) groups is 1. The van der Waals surface area contributed by atoms with Gasteiger partial charge in [0.25, 0.3) is 0 Å². The molecule has 2 aromatic heterocycles. The first-order valence-corrected chi connectivity index (χ1v) is 15.9. The van der Waals surface area contributed by atoms with Crippen molar-refractivity contribution in [2.45, 2.75) is 38.6 Å². The van der Waals surface area contributed by atoms with Gasteiger partial charge in [0.2, 0.25) is 0 Å². The maximum Gasteiger partial charge on any atom is 0.418 e. The number of fused-ring (bicyclic) bond motifs is 1. The lowest BCUT2D eigenvalue weighted by molar-refractivity contribution is -0.136. The Morgan fingerprint density at radius 2 is 1.82 bits per heavy atom. The van der Waals surface area contributed by atoms with Gasteiger partial charge < -0.3 is 29.6 Å². The van der Waals surface area contributed by atoms with Crippen molar-refractivity contribution in [3.63, 3.8) is 0 Å². The van der Waals surface area contributed by atoms with Gasteiger partial charge in [-0.1, -0.05) is 19.6 Å². The van der Waals surface area contributed by atoms with Crippen LogP contribution in [0.3, 0.4) is 0 Å². The Kier molecular flexibility index (Phi) is 9.56. The van der Waals surface area contributed by atoms with Crippen molar-refractivity contribution < 1.29 is 36.2 Å². The first-order chi connectivity index (χ1) is 18.2. The SMILES string of the molecule is CN(C)CCNC(=O)Nc1cc(F)c(Oc2ccnc3c2c(C(F)(F)F)cn3COCC[Si](C)(C)C)c(F)c1. The highest BCUT2D eigenvalue weighted by molar-refractivity contribution is 6.76. The van der Waals surface area contributed by atoms with E-state index in [0.29, 0.717) is 19.7 Å². The number of carbonyl (C=O) groups excluding carboxylic acids is 1. The molecule has 2 N–H and O–H groups in total. The van der Waals surface area contributed by atoms with Crippen LogP contribution in [-0.2, 0) is 17.6 Å². The monoisotopic (exact) mass is 573 g/mol. The number of aromatic nitrogens is 2. The summed E-state index contributed by atoms with van der Waals surface area (Å²) in [7, 11) is 2.22. The zero-order valence-electron chi connectivity index (χ0n) is 22.4. The summed E-state index contributed by atoms with van der Waals surface area (Å²) in [6.45, 7) is 7.48. The second kappa shape index (κ2) is 12.3. The van der Waals surface area contributed by atoms with Crippen LogP contribution in [0.1, 0.15) is 5.56 Å². The number of alkyl halides is 3. The Bertz CT molecular complexity index is 1280. The second-order valence-corrected chi connectivity index (χ2v) is 16.0. The number of anilines is 1. The van der Waals surface area contributed by atoms with Crippen molar-refractivity contribution in [3.05, 3.63) is 47.8 Å². The number of nitrogens with zero attached hydrogens (tertiary/aromatic N) is 3. The van der Waals surface area contributed by atoms with Crippen molar-refractivity contribution in [2.24, 2.45) is 0 Å². The van der Waals surface area contributed by atoms with E-state index in [-0.39, 0.29) is 18.1 Å². The molecule has 39 heavy (non-hydrogen) atoms. The summed E-state index contributed by atoms with van der Waals surface area (Å²) in [5, 5.41) is 4.38. The summed E-state index contributed by atoms with van der Waals surface area (Å²) in [5.41, 5.74) is -1.39. The van der Waals surface area contributed by atoms with Crippen molar-refractivity contribution in [3.8, 4) is 11.5 Å². The molecule has 0 radical (unpaired) electrons. The molecule has 0 aliphatic carbocycles. The highest BCUT2D eigenvalue weighted by atomic mass is 28.3. The standard InChI is InChI=1S/C25H32F5N5O3Si/c1-34(2)9-8-32-24(36)33-16-12-18(26)22(19(27)13-16)38-20-6-7-31-23-21(20)17(25(28,29)30)14-35(23)15-37-10-11-39(3,4)5/h6-7,12-14H,8-11,15H2,1-5H3,(H2,32,33,36). The fourth-order valence-electron chi connectivity index (χ4n) is 3.53. The molecule has 0 unspecified atom stereocenters. The van der Waals surface area contributed by atoms with E-state index in [0.717, 1.165) is 30.4 Å². The number of pyridine rings is 1. The zero-order valence-corrected chi connectivity index (χ0v) is 23.4. The molecule has 214 valence electrons. The molecule has 0 saturated heterocycles. The fraction of sp³-hybridized carbons (Fsp3) is 0.440. The van der Waals surface area contributed by atoms with Gasteiger partial charge in [-0.25, -0.2) is 18.6 Å². The number of hydrogen-bond acceptors (Lipinski definition) is 5. The predicted octanol–water partition coefficient (Wildman–Crippen LogP) is 6.12. The zero-order chi connectivity index (χ0) is 29.0. The smallest absolute Gasteiger partial charge is 0.418 e. The number of ether oxygens (including phenoxy) is 2. The maximum absolute atomic E-state index is 14.8. The van der Waals surface area contributed by atoms with Crippen LogP contribution in [-0.4, -0.2) is 62.3 Å². The summed E-state index contributed by atoms with van der Waals surface area (Å²) in [6.07, 6.45) is -2.78. The Morgan fingerprint density at radius 3 is 2.41 bits per heavy atom. The lowest BCUT2D eigenvalue weighted by atomic mass is 10.2. The van der Waals surface area contributed by atoms with E-state index in [2.05, 4.69) is 35.3 Å². The van der Waals surface area contributed by atoms with Crippen LogP contribution < -0.4 is 15.4 Å². The minimum absolute atomic E-state index is 0.110. The number of rotatable bonds is 11. The molecule has 1 aromatic carbocycles. The van der Waals surface area contributed by atoms with Crippen LogP contribution in [0.5, 0.6) is 11.5 Å². The van der Waals surface area contributed by atoms with Crippen LogP contribution in [0.25, 0.3) is 11.0 Å². The van der Waals surface area contributed by atoms with Gasteiger partial charge >= 0.3 is 12.2 Å². The molecule has 0 fully saturated rings. The van der Waals surface area contributed by atoms with E-state index in [1.165, 1.54) is 10.8 Å². The molecule has 2 amide bonds. The van der Waals surface area contributed by atoms with Crippen LogP contribution in [0, 0.1) is 11.6 Å². The first kappa shape index (κ1) is 30.3. The van der Waals surface area contributed by atoms with Gasteiger partial charge in [0, 0.05) is 58.0 Å². The average molecular weight is 574 g/mol. The van der Waals surface area contributed by atoms with Crippen molar-refractivity contribution in [2.75, 3.05) is 39.1 Å². The molecule has 3 aromatic rings. The number of urea groups is 1. The molecule has 0 aliphatic rings. The number of hydrogen-bond donors (Lipinski definition) is 2. The highest BCUT2D eigenvalue weighted by Crippen LogP contribution is 2.42. The average Bonchev–Trinajstić information content (AvgIpc) is 3.18. The quantitative estimate of drug-likeness (QED) is 0.164. The van der Waals surface area contributed by atoms with Gasteiger partial charge in [0.1, 0.15) is 18.1 Å². The summed E-state index contributed by atoms with van der Waals surface area (Å²) >= 11 is 0.